The number of thiophene rings is 2. The van der Waals surface area contributed by atoms with Crippen LogP contribution in [0.4, 0.5) is 0 Å². The molecule has 0 atom stereocenters. The number of aryl methyl sites for hydroxylation is 4. The van der Waals surface area contributed by atoms with Crippen LogP contribution >= 0.6 is 22.7 Å². The molecule has 0 saturated carbocycles. The highest BCUT2D eigenvalue weighted by molar-refractivity contribution is 7.12. The lowest BCUT2D eigenvalue weighted by atomic mass is 9.96. The van der Waals surface area contributed by atoms with Crippen LogP contribution in [-0.2, 0) is 0 Å². The van der Waals surface area contributed by atoms with E-state index in [1.807, 2.05) is 27.7 Å². The van der Waals surface area contributed by atoms with Gasteiger partial charge in [0.05, 0.1) is 18.2 Å². The third kappa shape index (κ3) is 2.50. The molecule has 0 saturated heterocycles. The molecular weight excluding hydrogens is 308 g/mol. The summed E-state index contributed by atoms with van der Waals surface area (Å²) in [6, 6.07) is 2.30. The third-order valence-electron chi connectivity index (χ3n) is 4.07. The standard InChI is InChI=1S/C18H18N2S2/c1-9-11(3)21-13(5)16(9)15(8-19)18(20-7)17-10(2)12(4)22-14(17)6/h1-6H3/b18-15+. The molecule has 4 heteroatoms. The Morgan fingerprint density at radius 1 is 0.864 bits per heavy atom. The normalized spacial score (nSPS) is 11.8. The van der Waals surface area contributed by atoms with Crippen LogP contribution < -0.4 is 0 Å². The summed E-state index contributed by atoms with van der Waals surface area (Å²) in [6.07, 6.45) is 0. The maximum absolute atomic E-state index is 9.75. The Labute approximate surface area is 140 Å². The number of allylic oxidation sites excluding steroid dienone is 1. The summed E-state index contributed by atoms with van der Waals surface area (Å²) >= 11 is 3.38. The van der Waals surface area contributed by atoms with Gasteiger partial charge in [0.2, 0.25) is 5.70 Å². The molecule has 2 aromatic heterocycles. The van der Waals surface area contributed by atoms with Crippen LogP contribution in [0.5, 0.6) is 0 Å². The fourth-order valence-corrected chi connectivity index (χ4v) is 4.90. The van der Waals surface area contributed by atoms with Crippen LogP contribution in [0.25, 0.3) is 16.1 Å². The van der Waals surface area contributed by atoms with Gasteiger partial charge in [0, 0.05) is 14.6 Å². The first-order valence-corrected chi connectivity index (χ1v) is 8.62. The quantitative estimate of drug-likeness (QED) is 0.493. The summed E-state index contributed by atoms with van der Waals surface area (Å²) in [5.41, 5.74) is 5.12. The largest absolute Gasteiger partial charge is 0.236 e. The number of hydrogen-bond donors (Lipinski definition) is 0. The van der Waals surface area contributed by atoms with Crippen molar-refractivity contribution >= 4 is 33.9 Å². The topological polar surface area (TPSA) is 28.1 Å². The van der Waals surface area contributed by atoms with Crippen molar-refractivity contribution < 1.29 is 0 Å². The maximum atomic E-state index is 9.75. The van der Waals surface area contributed by atoms with Crippen LogP contribution in [0.15, 0.2) is 0 Å². The van der Waals surface area contributed by atoms with E-state index in [1.165, 1.54) is 9.75 Å². The fraction of sp³-hybridized carbons (Fsp3) is 0.333. The molecule has 0 N–H and O–H groups in total. The zero-order valence-electron chi connectivity index (χ0n) is 13.7. The number of hydrogen-bond acceptors (Lipinski definition) is 3. The molecule has 0 bridgehead atoms. The molecule has 0 spiro atoms. The average Bonchev–Trinajstić information content (AvgIpc) is 2.86. The van der Waals surface area contributed by atoms with E-state index in [0.29, 0.717) is 11.3 Å². The van der Waals surface area contributed by atoms with Gasteiger partial charge in [0.15, 0.2) is 0 Å². The van der Waals surface area contributed by atoms with Gasteiger partial charge in [-0.25, -0.2) is 4.85 Å². The smallest absolute Gasteiger partial charge is 0.213 e. The van der Waals surface area contributed by atoms with E-state index >= 15 is 0 Å². The zero-order valence-corrected chi connectivity index (χ0v) is 15.3. The zero-order chi connectivity index (χ0) is 16.6. The fourth-order valence-electron chi connectivity index (χ4n) is 2.77. The van der Waals surface area contributed by atoms with Crippen LogP contribution in [0.1, 0.15) is 41.8 Å². The molecule has 0 unspecified atom stereocenters. The molecular formula is C18H18N2S2. The van der Waals surface area contributed by atoms with E-state index in [4.69, 9.17) is 6.57 Å². The first-order chi connectivity index (χ1) is 10.3. The Hall–Kier alpha value is -1.88. The Bertz CT molecular complexity index is 792. The van der Waals surface area contributed by atoms with E-state index in [-0.39, 0.29) is 0 Å². The number of nitrogens with zero attached hydrogens (tertiary/aromatic N) is 2. The van der Waals surface area contributed by atoms with Gasteiger partial charge in [-0.05, 0) is 68.7 Å². The molecule has 0 aliphatic rings. The highest BCUT2D eigenvalue weighted by Crippen LogP contribution is 2.40. The lowest BCUT2D eigenvalue weighted by Crippen LogP contribution is -1.93. The van der Waals surface area contributed by atoms with E-state index < -0.39 is 0 Å². The van der Waals surface area contributed by atoms with Crippen molar-refractivity contribution in [1.29, 1.82) is 5.26 Å². The average molecular weight is 326 g/mol. The number of rotatable bonds is 2. The van der Waals surface area contributed by atoms with E-state index in [0.717, 1.165) is 32.0 Å². The lowest BCUT2D eigenvalue weighted by Gasteiger charge is -2.07. The molecule has 0 radical (unpaired) electrons. The molecule has 0 fully saturated rings. The maximum Gasteiger partial charge on any atom is 0.213 e. The second kappa shape index (κ2) is 6.08. The molecule has 2 heterocycles. The van der Waals surface area contributed by atoms with Gasteiger partial charge in [-0.15, -0.1) is 22.7 Å². The predicted octanol–water partition coefficient (Wildman–Crippen LogP) is 5.97. The molecule has 2 aromatic rings. The first kappa shape index (κ1) is 16.5. The van der Waals surface area contributed by atoms with E-state index in [2.05, 4.69) is 24.8 Å². The summed E-state index contributed by atoms with van der Waals surface area (Å²) < 4.78 is 0. The highest BCUT2D eigenvalue weighted by atomic mass is 32.1. The monoisotopic (exact) mass is 326 g/mol. The van der Waals surface area contributed by atoms with E-state index in [9.17, 15) is 5.26 Å². The Balaban J connectivity index is 2.87. The minimum absolute atomic E-state index is 0.492. The van der Waals surface area contributed by atoms with Crippen molar-refractivity contribution in [2.75, 3.05) is 0 Å². The Morgan fingerprint density at radius 3 is 1.64 bits per heavy atom. The van der Waals surface area contributed by atoms with Crippen molar-refractivity contribution in [3.05, 3.63) is 53.2 Å². The Kier molecular flexibility index (Phi) is 4.56. The summed E-state index contributed by atoms with van der Waals surface area (Å²) in [6.45, 7) is 19.9. The molecule has 0 aromatic carbocycles. The molecule has 2 rings (SSSR count). The van der Waals surface area contributed by atoms with Gasteiger partial charge in [0.1, 0.15) is 0 Å². The van der Waals surface area contributed by atoms with Gasteiger partial charge in [0.25, 0.3) is 0 Å². The van der Waals surface area contributed by atoms with Crippen LogP contribution in [0, 0.1) is 59.4 Å². The van der Waals surface area contributed by atoms with Crippen molar-refractivity contribution in [3.63, 3.8) is 0 Å². The number of nitriles is 1. The van der Waals surface area contributed by atoms with Gasteiger partial charge in [-0.1, -0.05) is 0 Å². The minimum atomic E-state index is 0.492. The van der Waals surface area contributed by atoms with Gasteiger partial charge in [-0.2, -0.15) is 5.26 Å². The lowest BCUT2D eigenvalue weighted by molar-refractivity contribution is 1.37. The second-order valence-electron chi connectivity index (χ2n) is 5.38. The minimum Gasteiger partial charge on any atom is -0.236 e. The van der Waals surface area contributed by atoms with Crippen LogP contribution in [-0.4, -0.2) is 0 Å². The predicted molar refractivity (Wildman–Crippen MR) is 96.1 cm³/mol. The van der Waals surface area contributed by atoms with Crippen molar-refractivity contribution in [1.82, 2.24) is 0 Å². The summed E-state index contributed by atoms with van der Waals surface area (Å²) in [4.78, 5) is 8.38. The molecule has 0 amide bonds. The van der Waals surface area contributed by atoms with E-state index in [1.54, 1.807) is 22.7 Å². The van der Waals surface area contributed by atoms with Gasteiger partial charge in [-0.3, -0.25) is 0 Å². The molecule has 112 valence electrons. The van der Waals surface area contributed by atoms with Crippen LogP contribution in [0.2, 0.25) is 0 Å². The Morgan fingerprint density at radius 2 is 1.32 bits per heavy atom. The second-order valence-corrected chi connectivity index (χ2v) is 8.23. The molecule has 22 heavy (non-hydrogen) atoms. The molecule has 0 aliphatic carbocycles. The van der Waals surface area contributed by atoms with Crippen molar-refractivity contribution in [3.8, 4) is 6.07 Å². The van der Waals surface area contributed by atoms with Gasteiger partial charge >= 0.3 is 0 Å². The van der Waals surface area contributed by atoms with Crippen LogP contribution in [0.3, 0.4) is 0 Å². The SMILES string of the molecule is [C-]#[N+]/C(=C(\C#N)c1c(C)sc(C)c1C)c1c(C)sc(C)c1C. The highest BCUT2D eigenvalue weighted by Gasteiger charge is 2.22. The van der Waals surface area contributed by atoms with Gasteiger partial charge < -0.3 is 0 Å². The van der Waals surface area contributed by atoms with Crippen molar-refractivity contribution in [2.45, 2.75) is 41.5 Å². The summed E-state index contributed by atoms with van der Waals surface area (Å²) in [5.74, 6) is 0. The molecule has 0 aliphatic heterocycles. The van der Waals surface area contributed by atoms with Crippen molar-refractivity contribution in [2.24, 2.45) is 0 Å². The third-order valence-corrected chi connectivity index (χ3v) is 6.32. The molecule has 2 nitrogen and oxygen atoms in total. The summed E-state index contributed by atoms with van der Waals surface area (Å²) in [7, 11) is 0. The summed E-state index contributed by atoms with van der Waals surface area (Å²) in [5, 5.41) is 9.75. The first-order valence-electron chi connectivity index (χ1n) is 6.99.